The van der Waals surface area contributed by atoms with Gasteiger partial charge >= 0.3 is 0 Å². The van der Waals surface area contributed by atoms with Gasteiger partial charge in [0.25, 0.3) is 12.3 Å². The maximum Gasteiger partial charge on any atom is 0.263 e. The smallest absolute Gasteiger partial charge is 0.263 e. The summed E-state index contributed by atoms with van der Waals surface area (Å²) >= 11 is 0. The molecule has 164 valence electrons. The number of amides is 1. The summed E-state index contributed by atoms with van der Waals surface area (Å²) in [6.45, 7) is 3.11. The number of aliphatic imine (C=N–C) groups is 1. The SMILES string of the molecule is CCCCN=C1CCCCCCC1=CC(=CO)C(=O)NCc1ccc(C(F)F)cc1. The largest absolute Gasteiger partial charge is 0.515 e. The number of allylic oxidation sites excluding steroid dienone is 1. The number of aliphatic hydroxyl groups is 1. The van der Waals surface area contributed by atoms with E-state index in [-0.39, 0.29) is 17.7 Å². The first-order chi connectivity index (χ1) is 14.5. The molecular formula is C24H32F2N2O2. The molecule has 0 saturated heterocycles. The Morgan fingerprint density at radius 2 is 1.87 bits per heavy atom. The molecule has 6 heteroatoms. The number of hydrogen-bond acceptors (Lipinski definition) is 3. The van der Waals surface area contributed by atoms with Gasteiger partial charge in [0.15, 0.2) is 0 Å². The third-order valence-corrected chi connectivity index (χ3v) is 5.21. The molecule has 4 nitrogen and oxygen atoms in total. The molecule has 30 heavy (non-hydrogen) atoms. The van der Waals surface area contributed by atoms with Gasteiger partial charge in [-0.1, -0.05) is 50.5 Å². The molecule has 2 rings (SSSR count). The molecule has 0 unspecified atom stereocenters. The molecule has 0 aliphatic heterocycles. The number of hydrogen-bond donors (Lipinski definition) is 2. The maximum atomic E-state index is 12.6. The number of carbonyl (C=O) groups excluding carboxylic acids is 1. The molecule has 1 aliphatic rings. The van der Waals surface area contributed by atoms with Crippen LogP contribution in [0.5, 0.6) is 0 Å². The van der Waals surface area contributed by atoms with Crippen LogP contribution in [0.1, 0.15) is 75.8 Å². The van der Waals surface area contributed by atoms with Gasteiger partial charge in [0, 0.05) is 24.4 Å². The van der Waals surface area contributed by atoms with E-state index in [1.54, 1.807) is 18.2 Å². The zero-order chi connectivity index (χ0) is 21.8. The van der Waals surface area contributed by atoms with Gasteiger partial charge in [0.05, 0.1) is 11.8 Å². The quantitative estimate of drug-likeness (QED) is 0.300. The monoisotopic (exact) mass is 418 g/mol. The zero-order valence-electron chi connectivity index (χ0n) is 17.7. The number of aliphatic hydroxyl groups excluding tert-OH is 1. The lowest BCUT2D eigenvalue weighted by Crippen LogP contribution is -2.24. The van der Waals surface area contributed by atoms with Crippen molar-refractivity contribution in [3.05, 3.63) is 58.9 Å². The average Bonchev–Trinajstić information content (AvgIpc) is 2.73. The molecule has 2 N–H and O–H groups in total. The number of carbonyl (C=O) groups is 1. The van der Waals surface area contributed by atoms with E-state index in [9.17, 15) is 18.7 Å². The van der Waals surface area contributed by atoms with Crippen molar-refractivity contribution in [3.8, 4) is 0 Å². The minimum Gasteiger partial charge on any atom is -0.515 e. The molecule has 1 amide bonds. The van der Waals surface area contributed by atoms with Crippen LogP contribution in [0.25, 0.3) is 0 Å². The van der Waals surface area contributed by atoms with E-state index in [1.165, 1.54) is 18.6 Å². The molecule has 0 aromatic heterocycles. The van der Waals surface area contributed by atoms with Gasteiger partial charge in [-0.3, -0.25) is 9.79 Å². The predicted octanol–water partition coefficient (Wildman–Crippen LogP) is 6.20. The summed E-state index contributed by atoms with van der Waals surface area (Å²) in [4.78, 5) is 17.3. The van der Waals surface area contributed by atoms with Crippen molar-refractivity contribution in [2.75, 3.05) is 6.54 Å². The van der Waals surface area contributed by atoms with Crippen molar-refractivity contribution < 1.29 is 18.7 Å². The molecule has 1 saturated carbocycles. The van der Waals surface area contributed by atoms with Crippen LogP contribution in [0.3, 0.4) is 0 Å². The normalized spacial score (nSPS) is 18.5. The predicted molar refractivity (Wildman–Crippen MR) is 117 cm³/mol. The summed E-state index contributed by atoms with van der Waals surface area (Å²) in [6.07, 6.45) is 8.36. The second-order valence-corrected chi connectivity index (χ2v) is 7.58. The third kappa shape index (κ3) is 7.73. The Hall–Kier alpha value is -2.50. The van der Waals surface area contributed by atoms with Crippen LogP contribution in [0.15, 0.2) is 52.7 Å². The van der Waals surface area contributed by atoms with Gasteiger partial charge in [-0.05, 0) is 49.3 Å². The molecule has 1 fully saturated rings. The number of alkyl halides is 2. The van der Waals surface area contributed by atoms with E-state index < -0.39 is 12.3 Å². The second kappa shape index (κ2) is 12.9. The highest BCUT2D eigenvalue weighted by Gasteiger charge is 2.15. The van der Waals surface area contributed by atoms with Crippen LogP contribution in [-0.4, -0.2) is 23.3 Å². The van der Waals surface area contributed by atoms with Gasteiger partial charge in [-0.2, -0.15) is 0 Å². The number of halogens is 2. The van der Waals surface area contributed by atoms with Crippen LogP contribution >= 0.6 is 0 Å². The zero-order valence-corrected chi connectivity index (χ0v) is 17.7. The number of nitrogens with zero attached hydrogens (tertiary/aromatic N) is 1. The highest BCUT2D eigenvalue weighted by molar-refractivity contribution is 6.04. The van der Waals surface area contributed by atoms with Gasteiger partial charge in [-0.25, -0.2) is 8.78 Å². The molecule has 1 aromatic carbocycles. The minimum atomic E-state index is -2.51. The van der Waals surface area contributed by atoms with Crippen molar-refractivity contribution in [1.29, 1.82) is 0 Å². The van der Waals surface area contributed by atoms with Crippen molar-refractivity contribution >= 4 is 11.6 Å². The van der Waals surface area contributed by atoms with E-state index >= 15 is 0 Å². The van der Waals surface area contributed by atoms with Crippen molar-refractivity contribution in [2.24, 2.45) is 4.99 Å². The highest BCUT2D eigenvalue weighted by Crippen LogP contribution is 2.22. The van der Waals surface area contributed by atoms with E-state index in [0.717, 1.165) is 69.0 Å². The molecule has 0 bridgehead atoms. The first-order valence-electron chi connectivity index (χ1n) is 10.8. The van der Waals surface area contributed by atoms with Crippen molar-refractivity contribution in [2.45, 2.75) is 71.3 Å². The first-order valence-corrected chi connectivity index (χ1v) is 10.8. The number of nitrogens with one attached hydrogen (secondary N) is 1. The van der Waals surface area contributed by atoms with E-state index in [4.69, 9.17) is 4.99 Å². The topological polar surface area (TPSA) is 61.7 Å². The molecule has 1 aliphatic carbocycles. The second-order valence-electron chi connectivity index (χ2n) is 7.58. The molecule has 0 spiro atoms. The Morgan fingerprint density at radius 1 is 1.17 bits per heavy atom. The van der Waals surface area contributed by atoms with Crippen LogP contribution in [0.2, 0.25) is 0 Å². The van der Waals surface area contributed by atoms with Gasteiger partial charge in [-0.15, -0.1) is 0 Å². The molecule has 1 aromatic rings. The fraction of sp³-hybridized carbons (Fsp3) is 0.500. The standard InChI is InChI=1S/C24H32F2N2O2/c1-2-3-14-27-22-9-7-5-4-6-8-20(22)15-21(17-29)24(30)28-16-18-10-12-19(13-11-18)23(25)26/h10-13,15,17,23,29H,2-9,14,16H2,1H3,(H,28,30). The van der Waals surface area contributed by atoms with Gasteiger partial charge < -0.3 is 10.4 Å². The Morgan fingerprint density at radius 3 is 2.50 bits per heavy atom. The Bertz CT molecular complexity index is 768. The van der Waals surface area contributed by atoms with Gasteiger partial charge in [0.2, 0.25) is 0 Å². The number of benzene rings is 1. The molecule has 0 heterocycles. The third-order valence-electron chi connectivity index (χ3n) is 5.21. The van der Waals surface area contributed by atoms with Crippen molar-refractivity contribution in [3.63, 3.8) is 0 Å². The summed E-state index contributed by atoms with van der Waals surface area (Å²) in [5.74, 6) is -0.405. The average molecular weight is 419 g/mol. The summed E-state index contributed by atoms with van der Waals surface area (Å²) in [7, 11) is 0. The van der Waals surface area contributed by atoms with Crippen molar-refractivity contribution in [1.82, 2.24) is 5.32 Å². The maximum absolute atomic E-state index is 12.6. The number of unbranched alkanes of at least 4 members (excludes halogenated alkanes) is 1. The summed E-state index contributed by atoms with van der Waals surface area (Å²) in [5, 5.41) is 12.4. The van der Waals surface area contributed by atoms with Crippen LogP contribution < -0.4 is 5.32 Å². The van der Waals surface area contributed by atoms with E-state index in [2.05, 4.69) is 12.2 Å². The number of rotatable bonds is 8. The lowest BCUT2D eigenvalue weighted by Gasteiger charge is -2.16. The minimum absolute atomic E-state index is 0.0510. The fourth-order valence-corrected chi connectivity index (χ4v) is 3.39. The molecule has 0 atom stereocenters. The summed E-state index contributed by atoms with van der Waals surface area (Å²) in [6, 6.07) is 5.83. The first kappa shape index (κ1) is 23.8. The molecule has 0 radical (unpaired) electrons. The lowest BCUT2D eigenvalue weighted by atomic mass is 9.92. The van der Waals surface area contributed by atoms with Gasteiger partial charge in [0.1, 0.15) is 0 Å². The Kier molecular flexibility index (Phi) is 10.3. The summed E-state index contributed by atoms with van der Waals surface area (Å²) < 4.78 is 25.3. The van der Waals surface area contributed by atoms with Crippen LogP contribution in [0.4, 0.5) is 8.78 Å². The van der Waals surface area contributed by atoms with E-state index in [0.29, 0.717) is 5.56 Å². The van der Waals surface area contributed by atoms with E-state index in [1.807, 2.05) is 0 Å². The fourth-order valence-electron chi connectivity index (χ4n) is 3.39. The van der Waals surface area contributed by atoms with Crippen LogP contribution in [-0.2, 0) is 11.3 Å². The highest BCUT2D eigenvalue weighted by atomic mass is 19.3. The Labute approximate surface area is 177 Å². The summed E-state index contributed by atoms with van der Waals surface area (Å²) in [5.41, 5.74) is 2.90. The lowest BCUT2D eigenvalue weighted by molar-refractivity contribution is -0.117. The molecular weight excluding hydrogens is 386 g/mol. The van der Waals surface area contributed by atoms with Crippen LogP contribution in [0, 0.1) is 0 Å². The Balaban J connectivity index is 2.07.